The molecule has 152 valence electrons. The van der Waals surface area contributed by atoms with Crippen molar-refractivity contribution in [2.24, 2.45) is 0 Å². The van der Waals surface area contributed by atoms with Crippen LogP contribution in [0.25, 0.3) is 10.9 Å². The summed E-state index contributed by atoms with van der Waals surface area (Å²) >= 11 is 13.3. The van der Waals surface area contributed by atoms with Crippen molar-refractivity contribution in [3.8, 4) is 0 Å². The summed E-state index contributed by atoms with van der Waals surface area (Å²) in [5.41, 5.74) is 1.84. The highest BCUT2D eigenvalue weighted by molar-refractivity contribution is 7.99. The van der Waals surface area contributed by atoms with E-state index in [1.165, 1.54) is 16.3 Å². The minimum Gasteiger partial charge on any atom is -0.383 e. The smallest absolute Gasteiger partial charge is 0.262 e. The van der Waals surface area contributed by atoms with Crippen LogP contribution in [0, 0.1) is 6.92 Å². The number of nitrogens with one attached hydrogen (secondary N) is 1. The van der Waals surface area contributed by atoms with Crippen LogP contribution in [0.2, 0.25) is 10.0 Å². The first-order chi connectivity index (χ1) is 13.9. The first kappa shape index (κ1) is 21.6. The van der Waals surface area contributed by atoms with Crippen LogP contribution in [0.5, 0.6) is 0 Å². The SMILES string of the molecule is COCCn1c(SCC(=O)Nc2ccc(C)c(Cl)c2)nc2cc(Cl)ccc2c1=O. The van der Waals surface area contributed by atoms with Crippen LogP contribution in [0.1, 0.15) is 5.56 Å². The Kier molecular flexibility index (Phi) is 7.18. The van der Waals surface area contributed by atoms with Gasteiger partial charge in [0.05, 0.1) is 29.8 Å². The van der Waals surface area contributed by atoms with E-state index in [0.29, 0.717) is 44.9 Å². The quantitative estimate of drug-likeness (QED) is 0.425. The summed E-state index contributed by atoms with van der Waals surface area (Å²) in [6, 6.07) is 10.3. The van der Waals surface area contributed by atoms with E-state index in [-0.39, 0.29) is 17.2 Å². The number of ether oxygens (including phenoxy) is 1. The van der Waals surface area contributed by atoms with Crippen LogP contribution in [-0.2, 0) is 16.1 Å². The number of fused-ring (bicyclic) bond motifs is 1. The van der Waals surface area contributed by atoms with E-state index in [0.717, 1.165) is 5.56 Å². The molecule has 0 bridgehead atoms. The maximum atomic E-state index is 12.9. The fourth-order valence-corrected chi connectivity index (χ4v) is 3.83. The van der Waals surface area contributed by atoms with Crippen molar-refractivity contribution in [3.63, 3.8) is 0 Å². The molecule has 6 nitrogen and oxygen atoms in total. The molecule has 0 atom stereocenters. The fraction of sp³-hybridized carbons (Fsp3) is 0.250. The Morgan fingerprint density at radius 3 is 2.76 bits per heavy atom. The molecule has 1 N–H and O–H groups in total. The van der Waals surface area contributed by atoms with Crippen LogP contribution in [0.4, 0.5) is 5.69 Å². The van der Waals surface area contributed by atoms with Crippen LogP contribution in [0.3, 0.4) is 0 Å². The van der Waals surface area contributed by atoms with Crippen molar-refractivity contribution in [2.45, 2.75) is 18.6 Å². The van der Waals surface area contributed by atoms with E-state index in [1.54, 1.807) is 37.4 Å². The number of thioether (sulfide) groups is 1. The van der Waals surface area contributed by atoms with Crippen molar-refractivity contribution >= 4 is 57.5 Å². The van der Waals surface area contributed by atoms with Crippen molar-refractivity contribution in [2.75, 3.05) is 24.8 Å². The second-order valence-electron chi connectivity index (χ2n) is 6.31. The number of hydrogen-bond acceptors (Lipinski definition) is 5. The van der Waals surface area contributed by atoms with Gasteiger partial charge >= 0.3 is 0 Å². The van der Waals surface area contributed by atoms with Crippen LogP contribution < -0.4 is 10.9 Å². The molecule has 0 unspecified atom stereocenters. The first-order valence-corrected chi connectivity index (χ1v) is 10.5. The third-order valence-corrected chi connectivity index (χ3v) is 5.81. The molecule has 0 aliphatic carbocycles. The lowest BCUT2D eigenvalue weighted by molar-refractivity contribution is -0.113. The van der Waals surface area contributed by atoms with Crippen molar-refractivity contribution in [3.05, 3.63) is 62.4 Å². The zero-order valence-corrected chi connectivity index (χ0v) is 18.2. The zero-order valence-electron chi connectivity index (χ0n) is 15.9. The van der Waals surface area contributed by atoms with Gasteiger partial charge in [-0.25, -0.2) is 4.98 Å². The summed E-state index contributed by atoms with van der Waals surface area (Å²) in [5.74, 6) is -0.148. The Morgan fingerprint density at radius 2 is 2.03 bits per heavy atom. The summed E-state index contributed by atoms with van der Waals surface area (Å²) in [5, 5.41) is 4.76. The Morgan fingerprint density at radius 1 is 1.24 bits per heavy atom. The summed E-state index contributed by atoms with van der Waals surface area (Å²) < 4.78 is 6.62. The monoisotopic (exact) mass is 451 g/mol. The maximum Gasteiger partial charge on any atom is 0.262 e. The summed E-state index contributed by atoms with van der Waals surface area (Å²) in [6.45, 7) is 2.57. The fourth-order valence-electron chi connectivity index (χ4n) is 2.66. The van der Waals surface area contributed by atoms with Gasteiger partial charge in [0.1, 0.15) is 0 Å². The molecular weight excluding hydrogens is 433 g/mol. The topological polar surface area (TPSA) is 73.2 Å². The Hall–Kier alpha value is -2.06. The molecule has 0 aliphatic rings. The molecule has 2 aromatic carbocycles. The number of aryl methyl sites for hydroxylation is 1. The van der Waals surface area contributed by atoms with Gasteiger partial charge in [0.25, 0.3) is 5.56 Å². The number of hydrogen-bond donors (Lipinski definition) is 1. The van der Waals surface area contributed by atoms with Crippen molar-refractivity contribution in [1.82, 2.24) is 9.55 Å². The second-order valence-corrected chi connectivity index (χ2v) is 8.09. The Bertz CT molecular complexity index is 1120. The average molecular weight is 452 g/mol. The Labute approximate surface area is 182 Å². The lowest BCUT2D eigenvalue weighted by Crippen LogP contribution is -2.26. The third kappa shape index (κ3) is 5.30. The molecule has 0 saturated carbocycles. The number of halogens is 2. The number of carbonyl (C=O) groups is 1. The number of aromatic nitrogens is 2. The molecule has 0 saturated heterocycles. The van der Waals surface area contributed by atoms with Crippen LogP contribution >= 0.6 is 35.0 Å². The minimum atomic E-state index is -0.228. The van der Waals surface area contributed by atoms with Gasteiger partial charge in [-0.2, -0.15) is 0 Å². The summed E-state index contributed by atoms with van der Waals surface area (Å²) in [7, 11) is 1.56. The van der Waals surface area contributed by atoms with Gasteiger partial charge in [-0.3, -0.25) is 14.2 Å². The summed E-state index contributed by atoms with van der Waals surface area (Å²) in [6.07, 6.45) is 0. The normalized spacial score (nSPS) is 11.0. The van der Waals surface area contributed by atoms with Crippen molar-refractivity contribution < 1.29 is 9.53 Å². The number of carbonyl (C=O) groups excluding carboxylic acids is 1. The summed E-state index contributed by atoms with van der Waals surface area (Å²) in [4.78, 5) is 29.8. The first-order valence-electron chi connectivity index (χ1n) is 8.77. The molecule has 3 rings (SSSR count). The van der Waals surface area contributed by atoms with Gasteiger partial charge in [0.15, 0.2) is 5.16 Å². The van der Waals surface area contributed by atoms with Crippen LogP contribution in [0.15, 0.2) is 46.3 Å². The van der Waals surface area contributed by atoms with Gasteiger partial charge in [-0.15, -0.1) is 0 Å². The highest BCUT2D eigenvalue weighted by atomic mass is 35.5. The van der Waals surface area contributed by atoms with Gasteiger partial charge in [0, 0.05) is 22.8 Å². The molecule has 3 aromatic rings. The number of anilines is 1. The van der Waals surface area contributed by atoms with E-state index in [1.807, 2.05) is 13.0 Å². The highest BCUT2D eigenvalue weighted by Gasteiger charge is 2.14. The van der Waals surface area contributed by atoms with E-state index in [2.05, 4.69) is 10.3 Å². The number of benzene rings is 2. The van der Waals surface area contributed by atoms with Gasteiger partial charge in [0.2, 0.25) is 5.91 Å². The average Bonchev–Trinajstić information content (AvgIpc) is 2.68. The molecular formula is C20H19Cl2N3O3S. The predicted molar refractivity (Wildman–Crippen MR) is 118 cm³/mol. The molecule has 1 heterocycles. The molecule has 9 heteroatoms. The van der Waals surface area contributed by atoms with E-state index >= 15 is 0 Å². The van der Waals surface area contributed by atoms with E-state index < -0.39 is 0 Å². The van der Waals surface area contributed by atoms with E-state index in [9.17, 15) is 9.59 Å². The van der Waals surface area contributed by atoms with Gasteiger partial charge in [-0.05, 0) is 42.8 Å². The molecule has 1 aromatic heterocycles. The number of rotatable bonds is 7. The van der Waals surface area contributed by atoms with Crippen molar-refractivity contribution in [1.29, 1.82) is 0 Å². The lowest BCUT2D eigenvalue weighted by atomic mass is 10.2. The Balaban J connectivity index is 1.82. The van der Waals surface area contributed by atoms with Gasteiger partial charge in [-0.1, -0.05) is 41.0 Å². The molecule has 0 aliphatic heterocycles. The van der Waals surface area contributed by atoms with E-state index in [4.69, 9.17) is 27.9 Å². The standard InChI is InChI=1S/C20H19Cl2N3O3S/c1-12-3-5-14(10-16(12)22)23-18(26)11-29-20-24-17-9-13(21)4-6-15(17)19(27)25(20)7-8-28-2/h3-6,9-10H,7-8,11H2,1-2H3,(H,23,26). The predicted octanol–water partition coefficient (Wildman–Crippen LogP) is 4.39. The second kappa shape index (κ2) is 9.63. The van der Waals surface area contributed by atoms with Gasteiger partial charge < -0.3 is 10.1 Å². The maximum absolute atomic E-state index is 12.9. The lowest BCUT2D eigenvalue weighted by Gasteiger charge is -2.13. The van der Waals surface area contributed by atoms with Crippen LogP contribution in [-0.4, -0.2) is 34.9 Å². The highest BCUT2D eigenvalue weighted by Crippen LogP contribution is 2.22. The molecule has 0 spiro atoms. The number of nitrogens with zero attached hydrogens (tertiary/aromatic N) is 2. The molecule has 1 amide bonds. The number of amides is 1. The largest absolute Gasteiger partial charge is 0.383 e. The third-order valence-electron chi connectivity index (χ3n) is 4.19. The molecule has 0 fully saturated rings. The number of methoxy groups -OCH3 is 1. The minimum absolute atomic E-state index is 0.0803. The molecule has 0 radical (unpaired) electrons. The zero-order chi connectivity index (χ0) is 21.0. The molecule has 29 heavy (non-hydrogen) atoms.